The van der Waals surface area contributed by atoms with E-state index in [1.54, 1.807) is 13.2 Å². The molecule has 6 unspecified atom stereocenters. The highest BCUT2D eigenvalue weighted by Gasteiger charge is 2.47. The zero-order valence-electron chi connectivity index (χ0n) is 12.8. The second-order valence-corrected chi connectivity index (χ2v) is 6.24. The average molecular weight is 353 g/mol. The Labute approximate surface area is 137 Å². The lowest BCUT2D eigenvalue weighted by Gasteiger charge is -2.41. The molecule has 1 rings (SSSR count). The van der Waals surface area contributed by atoms with Gasteiger partial charge >= 0.3 is 5.97 Å². The number of carboxylic acids is 1. The van der Waals surface area contributed by atoms with E-state index in [1.165, 1.54) is 11.8 Å². The van der Waals surface area contributed by atoms with Crippen molar-refractivity contribution in [1.29, 1.82) is 0 Å². The normalized spacial score (nSPS) is 33.7. The van der Waals surface area contributed by atoms with Crippen molar-refractivity contribution < 1.29 is 39.9 Å². The largest absolute Gasteiger partial charge is 0.480 e. The van der Waals surface area contributed by atoms with Crippen LogP contribution in [0.5, 0.6) is 0 Å². The highest BCUT2D eigenvalue weighted by atomic mass is 32.2. The van der Waals surface area contributed by atoms with Crippen molar-refractivity contribution in [2.24, 2.45) is 5.92 Å². The van der Waals surface area contributed by atoms with Gasteiger partial charge in [0, 0.05) is 5.75 Å². The quantitative estimate of drug-likeness (QED) is 0.297. The van der Waals surface area contributed by atoms with E-state index >= 15 is 0 Å². The summed E-state index contributed by atoms with van der Waals surface area (Å²) in [6, 6.07) is -1.10. The number of thioether (sulfide) groups is 1. The zero-order chi connectivity index (χ0) is 17.7. The molecule has 6 N–H and O–H groups in total. The lowest BCUT2D eigenvalue weighted by Crippen LogP contribution is -2.61. The number of amides is 1. The van der Waals surface area contributed by atoms with E-state index in [2.05, 4.69) is 5.32 Å². The van der Waals surface area contributed by atoms with Crippen LogP contribution in [0.25, 0.3) is 0 Å². The van der Waals surface area contributed by atoms with Gasteiger partial charge in [-0.3, -0.25) is 4.79 Å². The smallest absolute Gasteiger partial charge is 0.327 e. The number of rotatable bonds is 7. The van der Waals surface area contributed by atoms with Gasteiger partial charge in [0.2, 0.25) is 5.91 Å². The molecule has 0 aromatic carbocycles. The first-order valence-corrected chi connectivity index (χ1v) is 8.53. The molecule has 0 radical (unpaired) electrons. The molecule has 9 nitrogen and oxygen atoms in total. The summed E-state index contributed by atoms with van der Waals surface area (Å²) in [5.74, 6) is -2.70. The molecule has 10 heteroatoms. The van der Waals surface area contributed by atoms with E-state index in [-0.39, 0.29) is 12.2 Å². The summed E-state index contributed by atoms with van der Waals surface area (Å²) in [6.45, 7) is 1.62. The van der Waals surface area contributed by atoms with E-state index < -0.39 is 54.5 Å². The van der Waals surface area contributed by atoms with E-state index in [1.807, 2.05) is 0 Å². The number of aliphatic carboxylic acids is 1. The van der Waals surface area contributed by atoms with Crippen molar-refractivity contribution in [1.82, 2.24) is 5.32 Å². The van der Waals surface area contributed by atoms with Gasteiger partial charge in [0.15, 0.2) is 6.29 Å². The maximum absolute atomic E-state index is 12.3. The number of carbonyl (C=O) groups excluding carboxylic acids is 1. The number of hydrogen-bond donors (Lipinski definition) is 6. The standard InChI is InChI=1S/C13H23NO8S/c1-3-5(11(18)14-6(4-23-2)12(19)20)10-8(16)7(15)9(17)13(21)22-10/h5-10,13,15-17,21H,3-4H2,1-2H3,(H,14,18)(H,19,20)/t5?,6-,7?,8?,9?,10?,13?/m0/s1. The Hall–Kier alpha value is -0.910. The zero-order valence-corrected chi connectivity index (χ0v) is 13.6. The minimum Gasteiger partial charge on any atom is -0.480 e. The number of carbonyl (C=O) groups is 2. The molecule has 0 saturated carbocycles. The Bertz CT molecular complexity index is 423. The van der Waals surface area contributed by atoms with Crippen LogP contribution in [-0.4, -0.2) is 86.2 Å². The van der Waals surface area contributed by atoms with Crippen LogP contribution >= 0.6 is 11.8 Å². The molecular weight excluding hydrogens is 330 g/mol. The first-order chi connectivity index (χ1) is 10.7. The number of hydrogen-bond acceptors (Lipinski definition) is 8. The van der Waals surface area contributed by atoms with Gasteiger partial charge in [-0.25, -0.2) is 4.79 Å². The monoisotopic (exact) mass is 353 g/mol. The summed E-state index contributed by atoms with van der Waals surface area (Å²) in [4.78, 5) is 23.4. The van der Waals surface area contributed by atoms with Crippen LogP contribution in [0, 0.1) is 5.92 Å². The van der Waals surface area contributed by atoms with Gasteiger partial charge in [0.05, 0.1) is 5.92 Å². The van der Waals surface area contributed by atoms with Gasteiger partial charge < -0.3 is 35.6 Å². The van der Waals surface area contributed by atoms with Crippen molar-refractivity contribution in [2.75, 3.05) is 12.0 Å². The molecule has 1 heterocycles. The molecule has 0 bridgehead atoms. The van der Waals surface area contributed by atoms with Gasteiger partial charge in [-0.05, 0) is 12.7 Å². The van der Waals surface area contributed by atoms with E-state index in [4.69, 9.17) is 9.84 Å². The van der Waals surface area contributed by atoms with Gasteiger partial charge in [0.1, 0.15) is 30.5 Å². The Morgan fingerprint density at radius 1 is 1.17 bits per heavy atom. The molecule has 1 fully saturated rings. The van der Waals surface area contributed by atoms with Gasteiger partial charge in [0.25, 0.3) is 0 Å². The van der Waals surface area contributed by atoms with Gasteiger partial charge in [-0.15, -0.1) is 0 Å². The molecular formula is C13H23NO8S. The number of aliphatic hydroxyl groups is 4. The number of aliphatic hydroxyl groups excluding tert-OH is 4. The Morgan fingerprint density at radius 3 is 2.26 bits per heavy atom. The van der Waals surface area contributed by atoms with Crippen LogP contribution in [0.4, 0.5) is 0 Å². The summed E-state index contributed by atoms with van der Waals surface area (Å²) in [5, 5.41) is 50.1. The molecule has 1 amide bonds. The predicted molar refractivity (Wildman–Crippen MR) is 80.6 cm³/mol. The van der Waals surface area contributed by atoms with Crippen molar-refractivity contribution in [3.05, 3.63) is 0 Å². The molecule has 0 aliphatic carbocycles. The highest BCUT2D eigenvalue weighted by Crippen LogP contribution is 2.27. The van der Waals surface area contributed by atoms with E-state index in [9.17, 15) is 30.0 Å². The van der Waals surface area contributed by atoms with Crippen molar-refractivity contribution in [3.63, 3.8) is 0 Å². The third kappa shape index (κ3) is 4.78. The lowest BCUT2D eigenvalue weighted by atomic mass is 9.87. The Kier molecular flexibility index (Phi) is 7.71. The second kappa shape index (κ2) is 8.81. The van der Waals surface area contributed by atoms with Crippen molar-refractivity contribution in [2.45, 2.75) is 50.1 Å². The molecule has 1 aliphatic heterocycles. The fourth-order valence-electron chi connectivity index (χ4n) is 2.41. The summed E-state index contributed by atoms with van der Waals surface area (Å²) in [6.07, 6.45) is -6.10. The molecule has 134 valence electrons. The number of nitrogens with one attached hydrogen (secondary N) is 1. The Morgan fingerprint density at radius 2 is 1.78 bits per heavy atom. The molecule has 0 spiro atoms. The van der Waals surface area contributed by atoms with Crippen LogP contribution in [0.1, 0.15) is 13.3 Å². The van der Waals surface area contributed by atoms with Crippen LogP contribution in [0.2, 0.25) is 0 Å². The maximum atomic E-state index is 12.3. The summed E-state index contributed by atoms with van der Waals surface area (Å²) < 4.78 is 5.04. The van der Waals surface area contributed by atoms with Crippen LogP contribution < -0.4 is 5.32 Å². The third-order valence-corrected chi connectivity index (χ3v) is 4.41. The molecule has 7 atom stereocenters. The average Bonchev–Trinajstić information content (AvgIpc) is 2.50. The van der Waals surface area contributed by atoms with E-state index in [0.29, 0.717) is 0 Å². The fraction of sp³-hybridized carbons (Fsp3) is 0.846. The van der Waals surface area contributed by atoms with Gasteiger partial charge in [-0.1, -0.05) is 6.92 Å². The summed E-state index contributed by atoms with van der Waals surface area (Å²) >= 11 is 1.25. The molecule has 1 aliphatic rings. The minimum absolute atomic E-state index is 0.162. The summed E-state index contributed by atoms with van der Waals surface area (Å²) in [7, 11) is 0. The fourth-order valence-corrected chi connectivity index (χ4v) is 2.97. The Balaban J connectivity index is 2.85. The third-order valence-electron chi connectivity index (χ3n) is 3.75. The topological polar surface area (TPSA) is 157 Å². The van der Waals surface area contributed by atoms with Crippen molar-refractivity contribution in [3.8, 4) is 0 Å². The summed E-state index contributed by atoms with van der Waals surface area (Å²) in [5.41, 5.74) is 0. The maximum Gasteiger partial charge on any atom is 0.327 e. The lowest BCUT2D eigenvalue weighted by molar-refractivity contribution is -0.289. The second-order valence-electron chi connectivity index (χ2n) is 5.33. The minimum atomic E-state index is -1.75. The number of carboxylic acid groups (broad SMARTS) is 1. The van der Waals surface area contributed by atoms with Crippen LogP contribution in [0.3, 0.4) is 0 Å². The first kappa shape index (κ1) is 20.1. The molecule has 23 heavy (non-hydrogen) atoms. The molecule has 1 saturated heterocycles. The molecule has 0 aromatic heterocycles. The SMILES string of the molecule is CCC(C(=O)N[C@@H](CSC)C(=O)O)C1OC(O)C(O)C(O)C1O. The predicted octanol–water partition coefficient (Wildman–Crippen LogP) is -2.26. The number of ether oxygens (including phenoxy) is 1. The first-order valence-electron chi connectivity index (χ1n) is 7.14. The van der Waals surface area contributed by atoms with E-state index in [0.717, 1.165) is 0 Å². The van der Waals surface area contributed by atoms with Gasteiger partial charge in [-0.2, -0.15) is 11.8 Å². The van der Waals surface area contributed by atoms with Crippen molar-refractivity contribution >= 4 is 23.6 Å². The highest BCUT2D eigenvalue weighted by molar-refractivity contribution is 7.98. The van der Waals surface area contributed by atoms with Crippen LogP contribution in [-0.2, 0) is 14.3 Å². The van der Waals surface area contributed by atoms with Crippen LogP contribution in [0.15, 0.2) is 0 Å². The molecule has 0 aromatic rings.